The van der Waals surface area contributed by atoms with Gasteiger partial charge < -0.3 is 20.1 Å². The molecule has 2 amide bonds. The Bertz CT molecular complexity index is 686. The van der Waals surface area contributed by atoms with Crippen molar-refractivity contribution in [2.45, 2.75) is 51.3 Å². The lowest BCUT2D eigenvalue weighted by Gasteiger charge is -2.22. The number of rotatable bonds is 7. The summed E-state index contributed by atoms with van der Waals surface area (Å²) in [5.74, 6) is 1.25. The highest BCUT2D eigenvalue weighted by Crippen LogP contribution is 2.51. The van der Waals surface area contributed by atoms with Crippen LogP contribution in [0.25, 0.3) is 0 Å². The van der Waals surface area contributed by atoms with Crippen LogP contribution in [0.4, 0.5) is 0 Å². The molecule has 0 saturated heterocycles. The molecule has 0 aromatic heterocycles. The molecule has 4 atom stereocenters. The highest BCUT2D eigenvalue weighted by atomic mass is 35.5. The number of carbonyl (C=O) groups excluding carboxylic acids is 2. The van der Waals surface area contributed by atoms with Gasteiger partial charge in [-0.05, 0) is 69.7 Å². The van der Waals surface area contributed by atoms with Gasteiger partial charge in [-0.2, -0.15) is 0 Å². The lowest BCUT2D eigenvalue weighted by atomic mass is 10.1. The number of hydrogen-bond donors (Lipinski definition) is 2. The molecule has 148 valence electrons. The number of halogens is 1. The first-order valence-corrected chi connectivity index (χ1v) is 9.70. The lowest BCUT2D eigenvalue weighted by Crippen LogP contribution is -2.43. The van der Waals surface area contributed by atoms with Gasteiger partial charge in [0.25, 0.3) is 5.91 Å². The van der Waals surface area contributed by atoms with Crippen molar-refractivity contribution < 1.29 is 19.1 Å². The predicted octanol–water partition coefficient (Wildman–Crippen LogP) is 2.54. The molecule has 1 aromatic carbocycles. The summed E-state index contributed by atoms with van der Waals surface area (Å²) in [4.78, 5) is 24.2. The fourth-order valence-corrected chi connectivity index (χ4v) is 3.70. The summed E-state index contributed by atoms with van der Waals surface area (Å²) >= 11 is 5.83. The van der Waals surface area contributed by atoms with Gasteiger partial charge in [-0.3, -0.25) is 9.59 Å². The topological polar surface area (TPSA) is 76.7 Å². The second-order valence-electron chi connectivity index (χ2n) is 8.29. The first-order chi connectivity index (χ1) is 12.7. The lowest BCUT2D eigenvalue weighted by molar-refractivity contribution is -0.131. The summed E-state index contributed by atoms with van der Waals surface area (Å²) < 4.78 is 11.0. The van der Waals surface area contributed by atoms with E-state index in [4.69, 9.17) is 21.1 Å². The van der Waals surface area contributed by atoms with Gasteiger partial charge in [-0.15, -0.1) is 0 Å². The maximum atomic E-state index is 12.2. The van der Waals surface area contributed by atoms with Crippen LogP contribution < -0.4 is 15.4 Å². The Morgan fingerprint density at radius 2 is 1.56 bits per heavy atom. The molecular weight excluding hydrogens is 368 g/mol. The number of benzene rings is 1. The second kappa shape index (κ2) is 8.07. The van der Waals surface area contributed by atoms with Crippen molar-refractivity contribution in [2.75, 3.05) is 13.2 Å². The molecule has 0 heterocycles. The molecule has 6 nitrogen and oxygen atoms in total. The molecule has 2 saturated carbocycles. The van der Waals surface area contributed by atoms with Crippen molar-refractivity contribution in [2.24, 2.45) is 11.8 Å². The first-order valence-electron chi connectivity index (χ1n) is 9.32. The zero-order valence-corrected chi connectivity index (χ0v) is 16.7. The fourth-order valence-electron chi connectivity index (χ4n) is 3.57. The number of fused-ring (bicyclic) bond motifs is 1. The number of nitrogens with one attached hydrogen (secondary N) is 2. The van der Waals surface area contributed by atoms with E-state index in [0.717, 1.165) is 12.8 Å². The van der Waals surface area contributed by atoms with Gasteiger partial charge in [0.15, 0.2) is 6.61 Å². The molecule has 3 rings (SSSR count). The van der Waals surface area contributed by atoms with E-state index in [9.17, 15) is 9.59 Å². The second-order valence-corrected chi connectivity index (χ2v) is 8.73. The van der Waals surface area contributed by atoms with Gasteiger partial charge in [-0.1, -0.05) is 11.6 Å². The molecule has 2 unspecified atom stereocenters. The largest absolute Gasteiger partial charge is 0.484 e. The quantitative estimate of drug-likeness (QED) is 0.745. The van der Waals surface area contributed by atoms with E-state index < -0.39 is 0 Å². The number of carbonyl (C=O) groups is 2. The van der Waals surface area contributed by atoms with E-state index in [1.807, 2.05) is 20.8 Å². The van der Waals surface area contributed by atoms with Crippen LogP contribution in [0.5, 0.6) is 5.75 Å². The average molecular weight is 395 g/mol. The minimum Gasteiger partial charge on any atom is -0.484 e. The predicted molar refractivity (Wildman–Crippen MR) is 103 cm³/mol. The smallest absolute Gasteiger partial charge is 0.258 e. The first kappa shape index (κ1) is 20.0. The summed E-state index contributed by atoms with van der Waals surface area (Å²) in [6.07, 6.45) is 1.79. The van der Waals surface area contributed by atoms with Crippen LogP contribution in [0, 0.1) is 11.8 Å². The Balaban J connectivity index is 1.40. The molecule has 2 fully saturated rings. The van der Waals surface area contributed by atoms with E-state index in [1.165, 1.54) is 0 Å². The maximum Gasteiger partial charge on any atom is 0.258 e. The third-order valence-corrected chi connectivity index (χ3v) is 5.20. The van der Waals surface area contributed by atoms with E-state index >= 15 is 0 Å². The van der Waals surface area contributed by atoms with Crippen LogP contribution >= 0.6 is 11.6 Å². The van der Waals surface area contributed by atoms with Crippen molar-refractivity contribution >= 4 is 23.4 Å². The van der Waals surface area contributed by atoms with Crippen LogP contribution in [0.1, 0.15) is 33.6 Å². The Labute approximate surface area is 164 Å². The minimum absolute atomic E-state index is 0.0357. The molecule has 2 N–H and O–H groups in total. The third kappa shape index (κ3) is 5.84. The van der Waals surface area contributed by atoms with E-state index in [2.05, 4.69) is 10.6 Å². The standard InChI is InChI=1S/C20H27ClN2O4/c1-20(2,3)27-11-19(25)23-17-9-16(14-8-15(14)17)22-18(24)10-26-13-6-4-12(21)5-7-13/h4-7,14-17H,8-11H2,1-3H3,(H,22,24)(H,23,25)/t14?,15?,16-,17+/m0/s1. The number of ether oxygens (including phenoxy) is 2. The van der Waals surface area contributed by atoms with Gasteiger partial charge in [0.05, 0.1) is 5.60 Å². The molecule has 0 aliphatic heterocycles. The zero-order chi connectivity index (χ0) is 19.6. The zero-order valence-electron chi connectivity index (χ0n) is 16.0. The van der Waals surface area contributed by atoms with Crippen molar-refractivity contribution in [3.05, 3.63) is 29.3 Å². The Morgan fingerprint density at radius 1 is 1.00 bits per heavy atom. The van der Waals surface area contributed by atoms with E-state index in [0.29, 0.717) is 22.6 Å². The monoisotopic (exact) mass is 394 g/mol. The molecule has 0 spiro atoms. The van der Waals surface area contributed by atoms with E-state index in [1.54, 1.807) is 24.3 Å². The van der Waals surface area contributed by atoms with Crippen molar-refractivity contribution in [1.82, 2.24) is 10.6 Å². The summed E-state index contributed by atoms with van der Waals surface area (Å²) in [5.41, 5.74) is -0.338. The van der Waals surface area contributed by atoms with E-state index in [-0.39, 0.29) is 42.7 Å². The summed E-state index contributed by atoms with van der Waals surface area (Å²) in [6, 6.07) is 7.09. The maximum absolute atomic E-state index is 12.2. The van der Waals surface area contributed by atoms with Crippen LogP contribution in [-0.4, -0.2) is 42.7 Å². The molecule has 1 aromatic rings. The van der Waals surface area contributed by atoms with Crippen LogP contribution in [-0.2, 0) is 14.3 Å². The minimum atomic E-state index is -0.338. The fraction of sp³-hybridized carbons (Fsp3) is 0.600. The van der Waals surface area contributed by atoms with Gasteiger partial charge in [0.1, 0.15) is 12.4 Å². The van der Waals surface area contributed by atoms with Gasteiger partial charge >= 0.3 is 0 Å². The Hall–Kier alpha value is -1.79. The molecule has 0 bridgehead atoms. The number of amides is 2. The van der Waals surface area contributed by atoms with Crippen LogP contribution in [0.2, 0.25) is 5.02 Å². The molecule has 2 aliphatic rings. The average Bonchev–Trinajstić information content (AvgIpc) is 3.32. The highest BCUT2D eigenvalue weighted by Gasteiger charge is 2.55. The van der Waals surface area contributed by atoms with Crippen molar-refractivity contribution in [1.29, 1.82) is 0 Å². The molecule has 0 radical (unpaired) electrons. The third-order valence-electron chi connectivity index (χ3n) is 4.95. The molecule has 2 aliphatic carbocycles. The number of hydrogen-bond acceptors (Lipinski definition) is 4. The van der Waals surface area contributed by atoms with Gasteiger partial charge in [0, 0.05) is 17.1 Å². The SMILES string of the molecule is CC(C)(C)OCC(=O)N[C@@H]1C[C@H](NC(=O)COc2ccc(Cl)cc2)C2CC21. The molecule has 27 heavy (non-hydrogen) atoms. The van der Waals surface area contributed by atoms with Gasteiger partial charge in [0.2, 0.25) is 5.91 Å². The Morgan fingerprint density at radius 3 is 2.11 bits per heavy atom. The summed E-state index contributed by atoms with van der Waals surface area (Å²) in [5, 5.41) is 6.71. The van der Waals surface area contributed by atoms with Gasteiger partial charge in [-0.25, -0.2) is 0 Å². The van der Waals surface area contributed by atoms with Crippen molar-refractivity contribution in [3.63, 3.8) is 0 Å². The van der Waals surface area contributed by atoms with Crippen LogP contribution in [0.15, 0.2) is 24.3 Å². The molecular formula is C20H27ClN2O4. The Kier molecular flexibility index (Phi) is 5.96. The summed E-state index contributed by atoms with van der Waals surface area (Å²) in [7, 11) is 0. The molecule has 7 heteroatoms. The van der Waals surface area contributed by atoms with Crippen molar-refractivity contribution in [3.8, 4) is 5.75 Å². The normalized spacial score (nSPS) is 26.2. The highest BCUT2D eigenvalue weighted by molar-refractivity contribution is 6.30. The van der Waals surface area contributed by atoms with Crippen LogP contribution in [0.3, 0.4) is 0 Å². The summed E-state index contributed by atoms with van der Waals surface area (Å²) in [6.45, 7) is 5.79.